The summed E-state index contributed by atoms with van der Waals surface area (Å²) in [6.07, 6.45) is 1.13. The van der Waals surface area contributed by atoms with Crippen LogP contribution in [0.1, 0.15) is 17.7 Å². The van der Waals surface area contributed by atoms with Crippen molar-refractivity contribution in [1.82, 2.24) is 4.72 Å². The van der Waals surface area contributed by atoms with Crippen molar-refractivity contribution in [2.24, 2.45) is 5.92 Å². The molecule has 1 aromatic heterocycles. The van der Waals surface area contributed by atoms with Gasteiger partial charge in [-0.2, -0.15) is 0 Å². The first-order valence-corrected chi connectivity index (χ1v) is 8.41. The number of halogens is 1. The van der Waals surface area contributed by atoms with E-state index in [1.807, 2.05) is 0 Å². The van der Waals surface area contributed by atoms with E-state index in [0.29, 0.717) is 24.3 Å². The molecular weight excluding hydrogens is 326 g/mol. The Balaban J connectivity index is 2.01. The fourth-order valence-electron chi connectivity index (χ4n) is 1.87. The second kappa shape index (κ2) is 4.97. The molecule has 4 nitrogen and oxygen atoms in total. The summed E-state index contributed by atoms with van der Waals surface area (Å²) in [6.45, 7) is 2.20. The largest absolute Gasteiger partial charge is 0.393 e. The molecule has 0 radical (unpaired) electrons. The molecule has 1 aliphatic rings. The number of sulfonamides is 1. The van der Waals surface area contributed by atoms with Crippen LogP contribution in [0, 0.1) is 12.8 Å². The SMILES string of the molecule is Cc1sc(Br)cc1S(=O)(=O)NCC1CC(O)C1. The van der Waals surface area contributed by atoms with Gasteiger partial charge < -0.3 is 5.11 Å². The normalized spacial score (nSPS) is 24.6. The summed E-state index contributed by atoms with van der Waals surface area (Å²) in [5.74, 6) is 0.266. The number of aryl methyl sites for hydroxylation is 1. The summed E-state index contributed by atoms with van der Waals surface area (Å²) in [7, 11) is -3.41. The van der Waals surface area contributed by atoms with Crippen molar-refractivity contribution >= 4 is 37.3 Å². The van der Waals surface area contributed by atoms with E-state index in [1.165, 1.54) is 11.3 Å². The lowest BCUT2D eigenvalue weighted by Crippen LogP contribution is -2.38. The van der Waals surface area contributed by atoms with Gasteiger partial charge in [0.1, 0.15) is 0 Å². The maximum absolute atomic E-state index is 12.0. The van der Waals surface area contributed by atoms with Gasteiger partial charge in [-0.25, -0.2) is 13.1 Å². The molecule has 1 fully saturated rings. The monoisotopic (exact) mass is 339 g/mol. The van der Waals surface area contributed by atoms with E-state index in [2.05, 4.69) is 20.7 Å². The molecule has 0 unspecified atom stereocenters. The molecule has 0 spiro atoms. The van der Waals surface area contributed by atoms with Gasteiger partial charge in [-0.05, 0) is 47.7 Å². The molecule has 1 saturated carbocycles. The second-order valence-corrected chi connectivity index (χ2v) is 8.69. The lowest BCUT2D eigenvalue weighted by molar-refractivity contribution is 0.0453. The van der Waals surface area contributed by atoms with Gasteiger partial charge in [-0.15, -0.1) is 11.3 Å². The van der Waals surface area contributed by atoms with E-state index < -0.39 is 10.0 Å². The lowest BCUT2D eigenvalue weighted by Gasteiger charge is -2.31. The first-order chi connectivity index (χ1) is 7.88. The summed E-state index contributed by atoms with van der Waals surface area (Å²) < 4.78 is 27.4. The lowest BCUT2D eigenvalue weighted by atomic mass is 9.83. The number of nitrogens with one attached hydrogen (secondary N) is 1. The molecule has 1 aromatic rings. The van der Waals surface area contributed by atoms with Gasteiger partial charge in [0, 0.05) is 11.4 Å². The topological polar surface area (TPSA) is 66.4 Å². The summed E-state index contributed by atoms with van der Waals surface area (Å²) in [5, 5.41) is 9.13. The van der Waals surface area contributed by atoms with Gasteiger partial charge in [-0.1, -0.05) is 0 Å². The van der Waals surface area contributed by atoms with Gasteiger partial charge in [0.15, 0.2) is 0 Å². The maximum atomic E-state index is 12.0. The minimum atomic E-state index is -3.41. The minimum Gasteiger partial charge on any atom is -0.393 e. The van der Waals surface area contributed by atoms with Gasteiger partial charge >= 0.3 is 0 Å². The van der Waals surface area contributed by atoms with E-state index in [1.54, 1.807) is 13.0 Å². The maximum Gasteiger partial charge on any atom is 0.241 e. The average molecular weight is 340 g/mol. The number of aliphatic hydroxyl groups excluding tert-OH is 1. The molecule has 0 aliphatic heterocycles. The Kier molecular flexibility index (Phi) is 3.94. The van der Waals surface area contributed by atoms with Gasteiger partial charge in [0.25, 0.3) is 0 Å². The Morgan fingerprint density at radius 3 is 2.71 bits per heavy atom. The number of hydrogen-bond donors (Lipinski definition) is 2. The third-order valence-corrected chi connectivity index (χ3v) is 6.14. The predicted octanol–water partition coefficient (Wildman–Crippen LogP) is 1.87. The smallest absolute Gasteiger partial charge is 0.241 e. The quantitative estimate of drug-likeness (QED) is 0.879. The van der Waals surface area contributed by atoms with Gasteiger partial charge in [-0.3, -0.25) is 0 Å². The van der Waals surface area contributed by atoms with Crippen LogP contribution in [-0.2, 0) is 10.0 Å². The van der Waals surface area contributed by atoms with Crippen molar-refractivity contribution in [1.29, 1.82) is 0 Å². The molecule has 1 heterocycles. The highest BCUT2D eigenvalue weighted by Crippen LogP contribution is 2.30. The molecule has 7 heteroatoms. The van der Waals surface area contributed by atoms with Gasteiger partial charge in [0.05, 0.1) is 14.8 Å². The Morgan fingerprint density at radius 1 is 1.59 bits per heavy atom. The first kappa shape index (κ1) is 13.5. The highest BCUT2D eigenvalue weighted by atomic mass is 79.9. The summed E-state index contributed by atoms with van der Waals surface area (Å²) in [4.78, 5) is 1.12. The van der Waals surface area contributed by atoms with Crippen LogP contribution in [0.2, 0.25) is 0 Å². The molecular formula is C10H14BrNO3S2. The Bertz CT molecular complexity index is 506. The van der Waals surface area contributed by atoms with E-state index in [4.69, 9.17) is 5.11 Å². The number of aliphatic hydroxyl groups is 1. The molecule has 0 bridgehead atoms. The van der Waals surface area contributed by atoms with Crippen LogP contribution in [0.25, 0.3) is 0 Å². The highest BCUT2D eigenvalue weighted by Gasteiger charge is 2.29. The average Bonchev–Trinajstić information content (AvgIpc) is 2.51. The molecule has 2 rings (SSSR count). The third-order valence-electron chi connectivity index (χ3n) is 2.90. The zero-order valence-corrected chi connectivity index (χ0v) is 12.5. The van der Waals surface area contributed by atoms with Crippen LogP contribution in [0.15, 0.2) is 14.7 Å². The molecule has 2 N–H and O–H groups in total. The molecule has 17 heavy (non-hydrogen) atoms. The second-order valence-electron chi connectivity index (χ2n) is 4.31. The number of thiophene rings is 1. The van der Waals surface area contributed by atoms with Crippen molar-refractivity contribution in [2.45, 2.75) is 30.8 Å². The first-order valence-electron chi connectivity index (χ1n) is 5.32. The minimum absolute atomic E-state index is 0.249. The van der Waals surface area contributed by atoms with Crippen LogP contribution in [-0.4, -0.2) is 26.2 Å². The van der Waals surface area contributed by atoms with Crippen LogP contribution < -0.4 is 4.72 Å². The van der Waals surface area contributed by atoms with Crippen molar-refractivity contribution in [2.75, 3.05) is 6.54 Å². The molecule has 0 atom stereocenters. The highest BCUT2D eigenvalue weighted by molar-refractivity contribution is 9.11. The number of rotatable bonds is 4. The Labute approximate surface area is 113 Å². The fraction of sp³-hybridized carbons (Fsp3) is 0.600. The van der Waals surface area contributed by atoms with Gasteiger partial charge in [0.2, 0.25) is 10.0 Å². The fourth-order valence-corrected chi connectivity index (χ4v) is 5.40. The van der Waals surface area contributed by atoms with E-state index in [0.717, 1.165) is 8.66 Å². The zero-order valence-electron chi connectivity index (χ0n) is 9.31. The predicted molar refractivity (Wildman–Crippen MR) is 70.7 cm³/mol. The number of hydrogen-bond acceptors (Lipinski definition) is 4. The standard InChI is InChI=1S/C10H14BrNO3S2/c1-6-9(4-10(11)16-6)17(14,15)12-5-7-2-8(13)3-7/h4,7-8,12-13H,2-3,5H2,1H3. The molecule has 0 amide bonds. The van der Waals surface area contributed by atoms with Crippen LogP contribution in [0.3, 0.4) is 0 Å². The Hall–Kier alpha value is 0.0500. The van der Waals surface area contributed by atoms with E-state index >= 15 is 0 Å². The summed E-state index contributed by atoms with van der Waals surface area (Å²) in [5.41, 5.74) is 0. The third kappa shape index (κ3) is 3.08. The molecule has 0 saturated heterocycles. The van der Waals surface area contributed by atoms with Crippen LogP contribution in [0.5, 0.6) is 0 Å². The van der Waals surface area contributed by atoms with Crippen LogP contribution in [0.4, 0.5) is 0 Å². The molecule has 1 aliphatic carbocycles. The van der Waals surface area contributed by atoms with Crippen molar-refractivity contribution < 1.29 is 13.5 Å². The van der Waals surface area contributed by atoms with E-state index in [9.17, 15) is 8.42 Å². The summed E-state index contributed by atoms with van der Waals surface area (Å²) >= 11 is 4.69. The zero-order chi connectivity index (χ0) is 12.6. The molecule has 0 aromatic carbocycles. The van der Waals surface area contributed by atoms with Crippen molar-refractivity contribution in [3.63, 3.8) is 0 Å². The van der Waals surface area contributed by atoms with E-state index in [-0.39, 0.29) is 12.0 Å². The Morgan fingerprint density at radius 2 is 2.24 bits per heavy atom. The summed E-state index contributed by atoms with van der Waals surface area (Å²) in [6, 6.07) is 1.62. The molecule has 96 valence electrons. The van der Waals surface area contributed by atoms with Crippen molar-refractivity contribution in [3.8, 4) is 0 Å². The van der Waals surface area contributed by atoms with Crippen molar-refractivity contribution in [3.05, 3.63) is 14.7 Å². The van der Waals surface area contributed by atoms with Crippen LogP contribution >= 0.6 is 27.3 Å².